The Balaban J connectivity index is 1.88. The molecule has 98 valence electrons. The van der Waals surface area contributed by atoms with Crippen LogP contribution >= 0.6 is 11.6 Å². The van der Waals surface area contributed by atoms with Crippen molar-refractivity contribution in [1.82, 2.24) is 0 Å². The van der Waals surface area contributed by atoms with E-state index in [1.54, 1.807) is 0 Å². The van der Waals surface area contributed by atoms with Gasteiger partial charge in [0.05, 0.1) is 6.61 Å². The molecule has 19 heavy (non-hydrogen) atoms. The molecule has 0 saturated heterocycles. The van der Waals surface area contributed by atoms with Crippen molar-refractivity contribution < 1.29 is 9.53 Å². The van der Waals surface area contributed by atoms with Crippen molar-refractivity contribution >= 4 is 17.4 Å². The van der Waals surface area contributed by atoms with E-state index >= 15 is 0 Å². The molecular weight excluding hydrogens is 260 g/mol. The minimum atomic E-state index is -0.0212. The molecule has 0 atom stereocenters. The molecule has 0 aliphatic rings. The molecule has 3 heteroatoms. The molecular formula is C16H15ClO2. The number of rotatable bonds is 5. The summed E-state index contributed by atoms with van der Waals surface area (Å²) < 4.78 is 5.41. The molecule has 0 aliphatic carbocycles. The quantitative estimate of drug-likeness (QED) is 0.769. The Morgan fingerprint density at radius 2 is 1.79 bits per heavy atom. The van der Waals surface area contributed by atoms with E-state index in [4.69, 9.17) is 16.3 Å². The Labute approximate surface area is 118 Å². The van der Waals surface area contributed by atoms with E-state index in [9.17, 15) is 4.79 Å². The number of aryl methyl sites for hydroxylation is 1. The summed E-state index contributed by atoms with van der Waals surface area (Å²) >= 11 is 6.01. The van der Waals surface area contributed by atoms with Gasteiger partial charge in [0.1, 0.15) is 6.61 Å². The highest BCUT2D eigenvalue weighted by molar-refractivity contribution is 6.31. The maximum absolute atomic E-state index is 11.9. The number of carbonyl (C=O) groups is 1. The summed E-state index contributed by atoms with van der Waals surface area (Å²) in [6, 6.07) is 14.9. The third-order valence-electron chi connectivity index (χ3n) is 2.82. The molecule has 2 aromatic rings. The summed E-state index contributed by atoms with van der Waals surface area (Å²) in [7, 11) is 0. The van der Waals surface area contributed by atoms with Crippen LogP contribution in [-0.2, 0) is 11.3 Å². The molecule has 2 rings (SSSR count). The molecule has 0 heterocycles. The zero-order valence-corrected chi connectivity index (χ0v) is 11.5. The van der Waals surface area contributed by atoms with Gasteiger partial charge in [-0.2, -0.15) is 0 Å². The third-order valence-corrected chi connectivity index (χ3v) is 3.19. The van der Waals surface area contributed by atoms with Gasteiger partial charge < -0.3 is 4.74 Å². The Bertz CT molecular complexity index is 561. The smallest absolute Gasteiger partial charge is 0.188 e. The van der Waals surface area contributed by atoms with E-state index in [0.717, 1.165) is 11.1 Å². The van der Waals surface area contributed by atoms with Crippen molar-refractivity contribution in [1.29, 1.82) is 0 Å². The highest BCUT2D eigenvalue weighted by Gasteiger charge is 2.06. The van der Waals surface area contributed by atoms with Crippen LogP contribution in [0.2, 0.25) is 5.02 Å². The monoisotopic (exact) mass is 274 g/mol. The summed E-state index contributed by atoms with van der Waals surface area (Å²) in [4.78, 5) is 11.9. The van der Waals surface area contributed by atoms with Gasteiger partial charge in [-0.05, 0) is 18.6 Å². The number of ketones is 1. The van der Waals surface area contributed by atoms with Crippen LogP contribution in [0.3, 0.4) is 0 Å². The Kier molecular flexibility index (Phi) is 4.72. The molecule has 0 spiro atoms. The largest absolute Gasteiger partial charge is 0.369 e. The lowest BCUT2D eigenvalue weighted by atomic mass is 10.1. The van der Waals surface area contributed by atoms with Crippen molar-refractivity contribution in [2.75, 3.05) is 6.61 Å². The first kappa shape index (κ1) is 13.8. The van der Waals surface area contributed by atoms with Gasteiger partial charge in [-0.15, -0.1) is 0 Å². The van der Waals surface area contributed by atoms with Gasteiger partial charge in [-0.3, -0.25) is 4.79 Å². The molecule has 0 saturated carbocycles. The van der Waals surface area contributed by atoms with Crippen LogP contribution in [0.1, 0.15) is 21.5 Å². The fourth-order valence-corrected chi connectivity index (χ4v) is 1.88. The average Bonchev–Trinajstić information content (AvgIpc) is 2.41. The first-order valence-corrected chi connectivity index (χ1v) is 6.45. The highest BCUT2D eigenvalue weighted by Crippen LogP contribution is 2.15. The summed E-state index contributed by atoms with van der Waals surface area (Å²) in [5.41, 5.74) is 2.69. The van der Waals surface area contributed by atoms with Crippen LogP contribution in [0, 0.1) is 6.92 Å². The minimum absolute atomic E-state index is 0.0212. The second kappa shape index (κ2) is 6.50. The number of hydrogen-bond acceptors (Lipinski definition) is 2. The van der Waals surface area contributed by atoms with Gasteiger partial charge in [0.2, 0.25) is 0 Å². The summed E-state index contributed by atoms with van der Waals surface area (Å²) in [6.45, 7) is 2.40. The summed E-state index contributed by atoms with van der Waals surface area (Å²) in [5, 5.41) is 0.658. The molecule has 2 nitrogen and oxygen atoms in total. The van der Waals surface area contributed by atoms with Gasteiger partial charge in [0, 0.05) is 10.6 Å². The van der Waals surface area contributed by atoms with Crippen LogP contribution < -0.4 is 0 Å². The van der Waals surface area contributed by atoms with E-state index in [1.165, 1.54) is 0 Å². The second-order valence-corrected chi connectivity index (χ2v) is 4.78. The number of ether oxygens (including phenoxy) is 1. The zero-order valence-electron chi connectivity index (χ0n) is 10.7. The SMILES string of the molecule is Cc1ccc(C(=O)COCc2ccccc2Cl)cc1. The van der Waals surface area contributed by atoms with Crippen LogP contribution in [0.4, 0.5) is 0 Å². The van der Waals surface area contributed by atoms with Crippen LogP contribution in [0.15, 0.2) is 48.5 Å². The standard InChI is InChI=1S/C16H15ClO2/c1-12-6-8-13(9-7-12)16(18)11-19-10-14-4-2-3-5-15(14)17/h2-9H,10-11H2,1H3. The Hall–Kier alpha value is -1.64. The lowest BCUT2D eigenvalue weighted by Gasteiger charge is -2.06. The fraction of sp³-hybridized carbons (Fsp3) is 0.188. The molecule has 2 aromatic carbocycles. The van der Waals surface area contributed by atoms with E-state index < -0.39 is 0 Å². The van der Waals surface area contributed by atoms with Crippen molar-refractivity contribution in [2.24, 2.45) is 0 Å². The fourth-order valence-electron chi connectivity index (χ4n) is 1.69. The van der Waals surface area contributed by atoms with Gasteiger partial charge >= 0.3 is 0 Å². The second-order valence-electron chi connectivity index (χ2n) is 4.37. The van der Waals surface area contributed by atoms with Crippen molar-refractivity contribution in [3.63, 3.8) is 0 Å². The predicted octanol–water partition coefficient (Wildman–Crippen LogP) is 4.05. The third kappa shape index (κ3) is 3.91. The molecule has 0 aromatic heterocycles. The Morgan fingerprint density at radius 1 is 1.11 bits per heavy atom. The summed E-state index contributed by atoms with van der Waals surface area (Å²) in [6.07, 6.45) is 0. The maximum atomic E-state index is 11.9. The molecule has 0 fully saturated rings. The molecule has 0 aliphatic heterocycles. The highest BCUT2D eigenvalue weighted by atomic mass is 35.5. The molecule has 0 bridgehead atoms. The van der Waals surface area contributed by atoms with Gasteiger partial charge in [-0.25, -0.2) is 0 Å². The van der Waals surface area contributed by atoms with E-state index in [2.05, 4.69) is 0 Å². The van der Waals surface area contributed by atoms with Crippen LogP contribution in [0.25, 0.3) is 0 Å². The van der Waals surface area contributed by atoms with Gasteiger partial charge in [-0.1, -0.05) is 59.6 Å². The topological polar surface area (TPSA) is 26.3 Å². The number of benzene rings is 2. The maximum Gasteiger partial charge on any atom is 0.188 e. The predicted molar refractivity (Wildman–Crippen MR) is 76.6 cm³/mol. The molecule has 0 unspecified atom stereocenters. The van der Waals surface area contributed by atoms with Crippen molar-refractivity contribution in [3.05, 3.63) is 70.2 Å². The number of hydrogen-bond donors (Lipinski definition) is 0. The average molecular weight is 275 g/mol. The van der Waals surface area contributed by atoms with Crippen LogP contribution in [-0.4, -0.2) is 12.4 Å². The van der Waals surface area contributed by atoms with Gasteiger partial charge in [0.25, 0.3) is 0 Å². The van der Waals surface area contributed by atoms with Crippen molar-refractivity contribution in [2.45, 2.75) is 13.5 Å². The number of Topliss-reactive ketones (excluding diaryl/α,β-unsaturated/α-hetero) is 1. The summed E-state index contributed by atoms with van der Waals surface area (Å²) in [5.74, 6) is -0.0212. The zero-order chi connectivity index (χ0) is 13.7. The molecule has 0 radical (unpaired) electrons. The molecule has 0 amide bonds. The normalized spacial score (nSPS) is 10.4. The lowest BCUT2D eigenvalue weighted by Crippen LogP contribution is -2.09. The number of carbonyl (C=O) groups excluding carboxylic acids is 1. The first-order valence-electron chi connectivity index (χ1n) is 6.08. The Morgan fingerprint density at radius 3 is 2.47 bits per heavy atom. The lowest BCUT2D eigenvalue weighted by molar-refractivity contribution is 0.0726. The minimum Gasteiger partial charge on any atom is -0.369 e. The van der Waals surface area contributed by atoms with E-state index in [1.807, 2.05) is 55.5 Å². The van der Waals surface area contributed by atoms with E-state index in [0.29, 0.717) is 17.2 Å². The number of halogens is 1. The van der Waals surface area contributed by atoms with E-state index in [-0.39, 0.29) is 12.4 Å². The van der Waals surface area contributed by atoms with Crippen LogP contribution in [0.5, 0.6) is 0 Å². The molecule has 0 N–H and O–H groups in total. The van der Waals surface area contributed by atoms with Gasteiger partial charge in [0.15, 0.2) is 5.78 Å². The van der Waals surface area contributed by atoms with Crippen molar-refractivity contribution in [3.8, 4) is 0 Å². The first-order chi connectivity index (χ1) is 9.16.